The molecule has 0 bridgehead atoms. The van der Waals surface area contributed by atoms with E-state index in [1.165, 1.54) is 5.56 Å². The van der Waals surface area contributed by atoms with Crippen LogP contribution < -0.4 is 10.2 Å². The Morgan fingerprint density at radius 2 is 1.72 bits per heavy atom. The number of anilines is 2. The maximum Gasteiger partial charge on any atom is 0.231 e. The number of rotatable bonds is 3. The van der Waals surface area contributed by atoms with Gasteiger partial charge in [0.05, 0.1) is 11.4 Å². The van der Waals surface area contributed by atoms with Gasteiger partial charge in [0.2, 0.25) is 5.91 Å². The molecule has 160 valence electrons. The second-order valence-corrected chi connectivity index (χ2v) is 9.85. The van der Waals surface area contributed by atoms with E-state index in [4.69, 9.17) is 0 Å². The highest BCUT2D eigenvalue weighted by Gasteiger charge is 2.45. The van der Waals surface area contributed by atoms with E-state index < -0.39 is 0 Å². The van der Waals surface area contributed by atoms with Gasteiger partial charge in [-0.2, -0.15) is 0 Å². The lowest BCUT2D eigenvalue weighted by atomic mass is 9.79. The van der Waals surface area contributed by atoms with Crippen molar-refractivity contribution in [3.8, 4) is 0 Å². The molecule has 1 saturated carbocycles. The minimum absolute atomic E-state index is 0.0587. The Bertz CT molecular complexity index is 1210. The van der Waals surface area contributed by atoms with E-state index in [0.29, 0.717) is 6.42 Å². The molecule has 1 aromatic heterocycles. The number of Topliss-reactive ketones (excluding diaryl/α,β-unsaturated/α-hetero) is 1. The summed E-state index contributed by atoms with van der Waals surface area (Å²) in [4.78, 5) is 30.3. The van der Waals surface area contributed by atoms with E-state index in [0.717, 1.165) is 46.8 Å². The van der Waals surface area contributed by atoms with Crippen LogP contribution in [0, 0.1) is 5.92 Å². The Kier molecular flexibility index (Phi) is 4.72. The molecule has 0 saturated heterocycles. The van der Waals surface area contributed by atoms with Crippen LogP contribution in [0.2, 0.25) is 0 Å². The molecule has 6 rings (SSSR count). The van der Waals surface area contributed by atoms with Crippen LogP contribution in [0.3, 0.4) is 0 Å². The van der Waals surface area contributed by atoms with Gasteiger partial charge in [-0.25, -0.2) is 0 Å². The van der Waals surface area contributed by atoms with E-state index in [1.54, 1.807) is 11.3 Å². The Labute approximate surface area is 191 Å². The van der Waals surface area contributed by atoms with Gasteiger partial charge in [-0.1, -0.05) is 48.5 Å². The van der Waals surface area contributed by atoms with Crippen LogP contribution in [0.5, 0.6) is 0 Å². The molecule has 1 aliphatic heterocycles. The third kappa shape index (κ3) is 3.28. The molecule has 2 heterocycles. The van der Waals surface area contributed by atoms with Crippen LogP contribution in [-0.2, 0) is 9.59 Å². The number of hydrogen-bond donors (Lipinski definition) is 1. The summed E-state index contributed by atoms with van der Waals surface area (Å²) in [7, 11) is 0. The molecule has 1 amide bonds. The summed E-state index contributed by atoms with van der Waals surface area (Å²) in [5.74, 6) is 0.456. The van der Waals surface area contributed by atoms with Crippen molar-refractivity contribution in [2.24, 2.45) is 5.92 Å². The van der Waals surface area contributed by atoms with Gasteiger partial charge >= 0.3 is 0 Å². The van der Waals surface area contributed by atoms with Gasteiger partial charge in [0.1, 0.15) is 6.04 Å². The number of nitrogens with zero attached hydrogens (tertiary/aromatic N) is 1. The molecule has 0 spiro atoms. The highest BCUT2D eigenvalue weighted by molar-refractivity contribution is 7.10. The number of nitrogens with one attached hydrogen (secondary N) is 1. The smallest absolute Gasteiger partial charge is 0.231 e. The normalized spacial score (nSPS) is 22.6. The summed E-state index contributed by atoms with van der Waals surface area (Å²) in [5.41, 5.74) is 4.65. The van der Waals surface area contributed by atoms with E-state index in [1.807, 2.05) is 58.8 Å². The number of carbonyl (C=O) groups is 2. The largest absolute Gasteiger partial charge is 0.357 e. The Morgan fingerprint density at radius 1 is 0.938 bits per heavy atom. The number of amides is 1. The third-order valence-corrected chi connectivity index (χ3v) is 7.66. The molecule has 1 fully saturated rings. The predicted molar refractivity (Wildman–Crippen MR) is 128 cm³/mol. The van der Waals surface area contributed by atoms with Crippen molar-refractivity contribution >= 4 is 34.4 Å². The van der Waals surface area contributed by atoms with Gasteiger partial charge < -0.3 is 5.32 Å². The lowest BCUT2D eigenvalue weighted by Gasteiger charge is -2.34. The van der Waals surface area contributed by atoms with Crippen LogP contribution in [-0.4, -0.2) is 11.7 Å². The average molecular weight is 441 g/mol. The van der Waals surface area contributed by atoms with Crippen molar-refractivity contribution in [1.29, 1.82) is 0 Å². The first-order chi connectivity index (χ1) is 15.7. The fourth-order valence-electron chi connectivity index (χ4n) is 5.04. The second kappa shape index (κ2) is 7.75. The molecule has 2 aliphatic carbocycles. The first-order valence-corrected chi connectivity index (χ1v) is 12.1. The number of fused-ring (bicyclic) bond motifs is 1. The highest BCUT2D eigenvalue weighted by Crippen LogP contribution is 2.49. The van der Waals surface area contributed by atoms with E-state index >= 15 is 0 Å². The van der Waals surface area contributed by atoms with E-state index in [2.05, 4.69) is 23.5 Å². The Hall–Kier alpha value is -3.18. The molecule has 2 aromatic carbocycles. The summed E-state index contributed by atoms with van der Waals surface area (Å²) in [6.45, 7) is 0. The number of thiophene rings is 1. The van der Waals surface area contributed by atoms with Crippen LogP contribution in [0.4, 0.5) is 11.4 Å². The minimum Gasteiger partial charge on any atom is -0.357 e. The molecule has 0 radical (unpaired) electrons. The number of carbonyl (C=O) groups excluding carboxylic acids is 2. The van der Waals surface area contributed by atoms with Gasteiger partial charge in [0, 0.05) is 28.5 Å². The molecular weight excluding hydrogens is 416 g/mol. The number of para-hydroxylation sites is 2. The molecular formula is C27H24N2O2S. The monoisotopic (exact) mass is 440 g/mol. The highest BCUT2D eigenvalue weighted by atomic mass is 32.1. The standard InChI is InChI=1S/C27H24N2O2S/c30-23-16-19(17-7-2-1-3-8-17)15-21-25(23)26(24-11-6-14-32-24)29(27(31)18-12-13-18)22-10-5-4-9-20(22)28-21/h1-11,14,18-19,26,28H,12-13,15-16H2/t19-,26+/m0/s1. The molecule has 3 aromatic rings. The average Bonchev–Trinajstić information content (AvgIpc) is 3.56. The first kappa shape index (κ1) is 19.5. The molecule has 1 N–H and O–H groups in total. The fourth-order valence-corrected chi connectivity index (χ4v) is 5.86. The van der Waals surface area contributed by atoms with Crippen molar-refractivity contribution in [2.75, 3.05) is 10.2 Å². The zero-order valence-corrected chi connectivity index (χ0v) is 18.5. The number of benzene rings is 2. The number of allylic oxidation sites excluding steroid dienone is 1. The molecule has 3 aliphatic rings. The molecule has 2 atom stereocenters. The quantitative estimate of drug-likeness (QED) is 0.539. The van der Waals surface area contributed by atoms with Gasteiger partial charge in [-0.3, -0.25) is 14.5 Å². The number of hydrogen-bond acceptors (Lipinski definition) is 4. The van der Waals surface area contributed by atoms with Crippen LogP contribution >= 0.6 is 11.3 Å². The topological polar surface area (TPSA) is 49.4 Å². The maximum absolute atomic E-state index is 13.7. The van der Waals surface area contributed by atoms with Gasteiger partial charge in [0.25, 0.3) is 0 Å². The second-order valence-electron chi connectivity index (χ2n) is 8.87. The van der Waals surface area contributed by atoms with Crippen LogP contribution in [0.25, 0.3) is 0 Å². The summed E-state index contributed by atoms with van der Waals surface area (Å²) < 4.78 is 0. The fraction of sp³-hybridized carbons (Fsp3) is 0.259. The SMILES string of the molecule is O=C1C[C@@H](c2ccccc2)CC2=C1[C@@H](c1cccs1)N(C(=O)C1CC1)c1ccccc1N2. The van der Waals surface area contributed by atoms with Crippen molar-refractivity contribution in [1.82, 2.24) is 0 Å². The van der Waals surface area contributed by atoms with Crippen LogP contribution in [0.1, 0.15) is 48.1 Å². The summed E-state index contributed by atoms with van der Waals surface area (Å²) >= 11 is 1.61. The van der Waals surface area contributed by atoms with Gasteiger partial charge in [0.15, 0.2) is 5.78 Å². The van der Waals surface area contributed by atoms with E-state index in [-0.39, 0.29) is 29.6 Å². The van der Waals surface area contributed by atoms with Crippen LogP contribution in [0.15, 0.2) is 83.4 Å². The summed E-state index contributed by atoms with van der Waals surface area (Å²) in [6, 6.07) is 21.9. The molecule has 4 nitrogen and oxygen atoms in total. The zero-order valence-electron chi connectivity index (χ0n) is 17.7. The van der Waals surface area contributed by atoms with Gasteiger partial charge in [-0.05, 0) is 54.3 Å². The minimum atomic E-state index is -0.376. The lowest BCUT2D eigenvalue weighted by Crippen LogP contribution is -2.39. The van der Waals surface area contributed by atoms with E-state index in [9.17, 15) is 9.59 Å². The predicted octanol–water partition coefficient (Wildman–Crippen LogP) is 6.06. The molecule has 5 heteroatoms. The molecule has 0 unspecified atom stereocenters. The lowest BCUT2D eigenvalue weighted by molar-refractivity contribution is -0.120. The van der Waals surface area contributed by atoms with Crippen molar-refractivity contribution in [2.45, 2.75) is 37.6 Å². The van der Waals surface area contributed by atoms with Crippen molar-refractivity contribution in [3.63, 3.8) is 0 Å². The summed E-state index contributed by atoms with van der Waals surface area (Å²) in [5, 5.41) is 5.62. The Morgan fingerprint density at radius 3 is 2.47 bits per heavy atom. The molecule has 32 heavy (non-hydrogen) atoms. The van der Waals surface area contributed by atoms with Crippen molar-refractivity contribution < 1.29 is 9.59 Å². The maximum atomic E-state index is 13.7. The van der Waals surface area contributed by atoms with Gasteiger partial charge in [-0.15, -0.1) is 11.3 Å². The summed E-state index contributed by atoms with van der Waals surface area (Å²) in [6.07, 6.45) is 3.08. The zero-order chi connectivity index (χ0) is 21.7. The Balaban J connectivity index is 1.53. The van der Waals surface area contributed by atoms with Crippen molar-refractivity contribution in [3.05, 3.63) is 93.8 Å². The first-order valence-electron chi connectivity index (χ1n) is 11.2. The third-order valence-electron chi connectivity index (χ3n) is 6.74. The number of ketones is 1.